The fourth-order valence-electron chi connectivity index (χ4n) is 2.91. The molecule has 3 rings (SSSR count). The normalized spacial score (nSPS) is 23.8. The fraction of sp³-hybridized carbons (Fsp3) is 0.562. The van der Waals surface area contributed by atoms with Crippen molar-refractivity contribution in [3.05, 3.63) is 29.8 Å². The van der Waals surface area contributed by atoms with E-state index in [0.29, 0.717) is 6.61 Å². The van der Waals surface area contributed by atoms with E-state index in [9.17, 15) is 4.79 Å². The number of thioether (sulfide) groups is 1. The lowest BCUT2D eigenvalue weighted by atomic mass is 10.00. The summed E-state index contributed by atoms with van der Waals surface area (Å²) in [6.07, 6.45) is 0.839. The predicted molar refractivity (Wildman–Crippen MR) is 85.8 cm³/mol. The lowest BCUT2D eigenvalue weighted by Crippen LogP contribution is -2.49. The van der Waals surface area contributed by atoms with Crippen LogP contribution in [0.5, 0.6) is 5.75 Å². The van der Waals surface area contributed by atoms with E-state index in [2.05, 4.69) is 10.2 Å². The molecule has 1 aromatic carbocycles. The third-order valence-corrected chi connectivity index (χ3v) is 5.19. The number of nitrogens with one attached hydrogen (secondary N) is 1. The molecular formula is C16H22N2O2S. The van der Waals surface area contributed by atoms with Crippen LogP contribution in [0.25, 0.3) is 0 Å². The van der Waals surface area contributed by atoms with Gasteiger partial charge >= 0.3 is 0 Å². The van der Waals surface area contributed by atoms with Gasteiger partial charge in [0.25, 0.3) is 0 Å². The molecule has 0 bridgehead atoms. The molecule has 4 nitrogen and oxygen atoms in total. The molecular weight excluding hydrogens is 284 g/mol. The minimum absolute atomic E-state index is 0.0547. The van der Waals surface area contributed by atoms with Gasteiger partial charge in [0.15, 0.2) is 0 Å². The molecule has 0 unspecified atom stereocenters. The van der Waals surface area contributed by atoms with E-state index in [1.165, 1.54) is 0 Å². The molecule has 1 N–H and O–H groups in total. The summed E-state index contributed by atoms with van der Waals surface area (Å²) >= 11 is 1.96. The summed E-state index contributed by atoms with van der Waals surface area (Å²) in [7, 11) is 0. The second-order valence-electron chi connectivity index (χ2n) is 5.56. The number of hydrogen-bond donors (Lipinski definition) is 1. The molecule has 2 aliphatic rings. The van der Waals surface area contributed by atoms with E-state index in [4.69, 9.17) is 4.74 Å². The van der Waals surface area contributed by atoms with Crippen molar-refractivity contribution in [2.75, 3.05) is 31.2 Å². The summed E-state index contributed by atoms with van der Waals surface area (Å²) in [6, 6.07) is 8.00. The molecule has 2 aliphatic heterocycles. The number of carbonyl (C=O) groups is 1. The first-order valence-electron chi connectivity index (χ1n) is 7.59. The largest absolute Gasteiger partial charge is 0.493 e. The van der Waals surface area contributed by atoms with Crippen molar-refractivity contribution in [1.82, 2.24) is 10.2 Å². The Morgan fingerprint density at radius 2 is 2.14 bits per heavy atom. The monoisotopic (exact) mass is 306 g/mol. The highest BCUT2D eigenvalue weighted by molar-refractivity contribution is 7.99. The molecule has 1 amide bonds. The Balaban J connectivity index is 1.65. The standard InChI is InChI=1S/C16H22N2O2S/c1-12(18-7-10-21-11-8-18)16(19)17-14-6-9-20-15-5-3-2-4-13(14)15/h2-5,12,14H,6-11H2,1H3,(H,17,19)/t12-,14-/m0/s1. The molecule has 0 spiro atoms. The summed E-state index contributed by atoms with van der Waals surface area (Å²) < 4.78 is 5.65. The van der Waals surface area contributed by atoms with Gasteiger partial charge in [0.05, 0.1) is 18.7 Å². The van der Waals surface area contributed by atoms with Crippen molar-refractivity contribution < 1.29 is 9.53 Å². The Hall–Kier alpha value is -1.20. The first-order chi connectivity index (χ1) is 10.3. The Kier molecular flexibility index (Phi) is 4.70. The van der Waals surface area contributed by atoms with Crippen molar-refractivity contribution in [3.63, 3.8) is 0 Å². The minimum atomic E-state index is -0.0547. The van der Waals surface area contributed by atoms with Crippen LogP contribution in [0.2, 0.25) is 0 Å². The van der Waals surface area contributed by atoms with Crippen molar-refractivity contribution in [1.29, 1.82) is 0 Å². The summed E-state index contributed by atoms with van der Waals surface area (Å²) in [5.41, 5.74) is 1.10. The van der Waals surface area contributed by atoms with Gasteiger partial charge in [-0.2, -0.15) is 11.8 Å². The molecule has 2 heterocycles. The van der Waals surface area contributed by atoms with Crippen LogP contribution in [0, 0.1) is 0 Å². The molecule has 2 atom stereocenters. The summed E-state index contributed by atoms with van der Waals surface area (Å²) in [5.74, 6) is 3.27. The van der Waals surface area contributed by atoms with Crippen molar-refractivity contribution >= 4 is 17.7 Å². The van der Waals surface area contributed by atoms with Gasteiger partial charge in [0, 0.05) is 36.6 Å². The van der Waals surface area contributed by atoms with Crippen molar-refractivity contribution in [2.24, 2.45) is 0 Å². The Labute approximate surface area is 130 Å². The molecule has 1 aromatic rings. The van der Waals surface area contributed by atoms with Gasteiger partial charge in [0.1, 0.15) is 5.75 Å². The second kappa shape index (κ2) is 6.71. The number of nitrogens with zero attached hydrogens (tertiary/aromatic N) is 1. The van der Waals surface area contributed by atoms with Crippen LogP contribution in [0.15, 0.2) is 24.3 Å². The number of ether oxygens (including phenoxy) is 1. The molecule has 0 radical (unpaired) electrons. The fourth-order valence-corrected chi connectivity index (χ4v) is 3.85. The third kappa shape index (κ3) is 3.35. The second-order valence-corrected chi connectivity index (χ2v) is 6.79. The first kappa shape index (κ1) is 14.7. The van der Waals surface area contributed by atoms with Gasteiger partial charge in [-0.25, -0.2) is 0 Å². The highest BCUT2D eigenvalue weighted by atomic mass is 32.2. The van der Waals surface area contributed by atoms with E-state index in [1.54, 1.807) is 0 Å². The molecule has 114 valence electrons. The van der Waals surface area contributed by atoms with Gasteiger partial charge < -0.3 is 10.1 Å². The number of amides is 1. The zero-order valence-electron chi connectivity index (χ0n) is 12.4. The maximum absolute atomic E-state index is 12.5. The number of carbonyl (C=O) groups excluding carboxylic acids is 1. The Morgan fingerprint density at radius 3 is 2.95 bits per heavy atom. The van der Waals surface area contributed by atoms with Gasteiger partial charge in [-0.05, 0) is 13.0 Å². The number of benzene rings is 1. The number of fused-ring (bicyclic) bond motifs is 1. The van der Waals surface area contributed by atoms with Crippen LogP contribution in [0.1, 0.15) is 24.9 Å². The van der Waals surface area contributed by atoms with Gasteiger partial charge in [-0.15, -0.1) is 0 Å². The minimum Gasteiger partial charge on any atom is -0.493 e. The molecule has 0 aromatic heterocycles. The third-order valence-electron chi connectivity index (χ3n) is 4.25. The van der Waals surface area contributed by atoms with Crippen LogP contribution >= 0.6 is 11.8 Å². The van der Waals surface area contributed by atoms with Crippen LogP contribution < -0.4 is 10.1 Å². The zero-order valence-corrected chi connectivity index (χ0v) is 13.2. The van der Waals surface area contributed by atoms with Crippen LogP contribution in [0.4, 0.5) is 0 Å². The molecule has 0 saturated carbocycles. The molecule has 21 heavy (non-hydrogen) atoms. The maximum Gasteiger partial charge on any atom is 0.237 e. The summed E-state index contributed by atoms with van der Waals surface area (Å²) in [4.78, 5) is 14.8. The topological polar surface area (TPSA) is 41.6 Å². The van der Waals surface area contributed by atoms with Gasteiger partial charge in [0.2, 0.25) is 5.91 Å². The molecule has 5 heteroatoms. The summed E-state index contributed by atoms with van der Waals surface area (Å²) in [6.45, 7) is 4.68. The van der Waals surface area contributed by atoms with E-state index in [0.717, 1.165) is 42.3 Å². The number of para-hydroxylation sites is 1. The average molecular weight is 306 g/mol. The number of hydrogen-bond acceptors (Lipinski definition) is 4. The smallest absolute Gasteiger partial charge is 0.237 e. The molecule has 1 fully saturated rings. The van der Waals surface area contributed by atoms with Crippen molar-refractivity contribution in [3.8, 4) is 5.75 Å². The highest BCUT2D eigenvalue weighted by Gasteiger charge is 2.27. The van der Waals surface area contributed by atoms with E-state index in [1.807, 2.05) is 43.0 Å². The Bertz CT molecular complexity index is 503. The Morgan fingerprint density at radius 1 is 1.38 bits per heavy atom. The average Bonchev–Trinajstić information content (AvgIpc) is 2.55. The first-order valence-corrected chi connectivity index (χ1v) is 8.75. The van der Waals surface area contributed by atoms with Crippen LogP contribution in [-0.4, -0.2) is 48.1 Å². The van der Waals surface area contributed by atoms with E-state index in [-0.39, 0.29) is 18.0 Å². The number of rotatable bonds is 3. The van der Waals surface area contributed by atoms with Crippen LogP contribution in [0.3, 0.4) is 0 Å². The SMILES string of the molecule is C[C@@H](C(=O)N[C@H]1CCOc2ccccc21)N1CCSCC1. The van der Waals surface area contributed by atoms with E-state index < -0.39 is 0 Å². The quantitative estimate of drug-likeness (QED) is 0.928. The van der Waals surface area contributed by atoms with Gasteiger partial charge in [-0.3, -0.25) is 9.69 Å². The lowest BCUT2D eigenvalue weighted by Gasteiger charge is -2.33. The summed E-state index contributed by atoms with van der Waals surface area (Å²) in [5, 5.41) is 3.20. The van der Waals surface area contributed by atoms with Crippen LogP contribution in [-0.2, 0) is 4.79 Å². The van der Waals surface area contributed by atoms with Gasteiger partial charge in [-0.1, -0.05) is 18.2 Å². The zero-order chi connectivity index (χ0) is 14.7. The molecule has 1 saturated heterocycles. The lowest BCUT2D eigenvalue weighted by molar-refractivity contribution is -0.126. The predicted octanol–water partition coefficient (Wildman–Crippen LogP) is 2.06. The van der Waals surface area contributed by atoms with Crippen molar-refractivity contribution in [2.45, 2.75) is 25.4 Å². The molecule has 0 aliphatic carbocycles. The highest BCUT2D eigenvalue weighted by Crippen LogP contribution is 2.31. The maximum atomic E-state index is 12.5. The van der Waals surface area contributed by atoms with E-state index >= 15 is 0 Å².